The summed E-state index contributed by atoms with van der Waals surface area (Å²) in [7, 11) is 0. The first-order valence-electron chi connectivity index (χ1n) is 5.02. The molecule has 2 N–H and O–H groups in total. The molecule has 4 heteroatoms. The minimum atomic E-state index is 0.0500. The Morgan fingerprint density at radius 2 is 1.87 bits per heavy atom. The van der Waals surface area contributed by atoms with Crippen LogP contribution < -0.4 is 5.73 Å². The highest BCUT2D eigenvalue weighted by Crippen LogP contribution is 2.27. The van der Waals surface area contributed by atoms with E-state index in [1.807, 2.05) is 17.4 Å². The van der Waals surface area contributed by atoms with Gasteiger partial charge in [-0.15, -0.1) is 10.2 Å². The molecule has 0 aliphatic heterocycles. The lowest BCUT2D eigenvalue weighted by molar-refractivity contribution is 0.591. The molecule has 0 aliphatic carbocycles. The van der Waals surface area contributed by atoms with Crippen LogP contribution in [-0.2, 0) is 5.41 Å². The highest BCUT2D eigenvalue weighted by Gasteiger charge is 2.20. The van der Waals surface area contributed by atoms with E-state index < -0.39 is 0 Å². The van der Waals surface area contributed by atoms with Crippen molar-refractivity contribution in [3.05, 3.63) is 23.4 Å². The third-order valence-electron chi connectivity index (χ3n) is 2.58. The second-order valence-corrected chi connectivity index (χ2v) is 4.86. The molecule has 0 fully saturated rings. The molecule has 80 valence electrons. The third-order valence-corrected chi connectivity index (χ3v) is 2.58. The molecule has 2 rings (SSSR count). The smallest absolute Gasteiger partial charge is 0.226 e. The molecule has 4 nitrogen and oxygen atoms in total. The molecule has 0 amide bonds. The van der Waals surface area contributed by atoms with Gasteiger partial charge in [-0.25, -0.2) is 0 Å². The van der Waals surface area contributed by atoms with Crippen LogP contribution in [0.4, 0.5) is 5.95 Å². The van der Waals surface area contributed by atoms with Crippen LogP contribution in [-0.4, -0.2) is 14.6 Å². The van der Waals surface area contributed by atoms with Crippen molar-refractivity contribution in [3.63, 3.8) is 0 Å². The number of fused-ring (bicyclic) bond motifs is 1. The fourth-order valence-corrected chi connectivity index (χ4v) is 1.76. The fourth-order valence-electron chi connectivity index (χ4n) is 1.76. The van der Waals surface area contributed by atoms with E-state index in [0.717, 1.165) is 16.9 Å². The molecule has 0 radical (unpaired) electrons. The summed E-state index contributed by atoms with van der Waals surface area (Å²) in [5.74, 6) is 0.452. The van der Waals surface area contributed by atoms with Gasteiger partial charge in [-0.05, 0) is 18.4 Å². The first kappa shape index (κ1) is 9.96. The van der Waals surface area contributed by atoms with Gasteiger partial charge in [0, 0.05) is 11.3 Å². The molecule has 2 aromatic rings. The lowest BCUT2D eigenvalue weighted by Gasteiger charge is -2.19. The Kier molecular flexibility index (Phi) is 1.96. The van der Waals surface area contributed by atoms with Gasteiger partial charge in [0.1, 0.15) is 0 Å². The van der Waals surface area contributed by atoms with Crippen molar-refractivity contribution in [3.8, 4) is 0 Å². The number of rotatable bonds is 0. The monoisotopic (exact) mass is 204 g/mol. The number of hydrogen-bond donors (Lipinski definition) is 1. The summed E-state index contributed by atoms with van der Waals surface area (Å²) in [5.41, 5.74) is 8.91. The fraction of sp³-hybridized carbons (Fsp3) is 0.455. The van der Waals surface area contributed by atoms with Gasteiger partial charge in [0.15, 0.2) is 5.65 Å². The van der Waals surface area contributed by atoms with Gasteiger partial charge in [0.05, 0.1) is 0 Å². The number of pyridine rings is 1. The largest absolute Gasteiger partial charge is 0.368 e. The van der Waals surface area contributed by atoms with Crippen LogP contribution in [0.15, 0.2) is 12.1 Å². The van der Waals surface area contributed by atoms with E-state index in [2.05, 4.69) is 37.0 Å². The summed E-state index contributed by atoms with van der Waals surface area (Å²) in [6, 6.07) is 4.14. The molecule has 2 aromatic heterocycles. The van der Waals surface area contributed by atoms with Crippen LogP contribution in [0.2, 0.25) is 0 Å². The summed E-state index contributed by atoms with van der Waals surface area (Å²) >= 11 is 0. The van der Waals surface area contributed by atoms with E-state index >= 15 is 0 Å². The first-order valence-corrected chi connectivity index (χ1v) is 5.02. The van der Waals surface area contributed by atoms with E-state index in [0.29, 0.717) is 5.95 Å². The van der Waals surface area contributed by atoms with Crippen molar-refractivity contribution in [2.45, 2.75) is 33.1 Å². The number of nitrogen functional groups attached to an aromatic ring is 1. The number of hydrogen-bond acceptors (Lipinski definition) is 3. The van der Waals surface area contributed by atoms with Crippen molar-refractivity contribution >= 4 is 11.6 Å². The zero-order valence-corrected chi connectivity index (χ0v) is 9.57. The van der Waals surface area contributed by atoms with Gasteiger partial charge in [-0.2, -0.15) is 0 Å². The highest BCUT2D eigenvalue weighted by molar-refractivity contribution is 5.55. The van der Waals surface area contributed by atoms with Gasteiger partial charge in [0.25, 0.3) is 0 Å². The molecular weight excluding hydrogens is 188 g/mol. The number of nitrogens with zero attached hydrogens (tertiary/aromatic N) is 3. The quantitative estimate of drug-likeness (QED) is 0.713. The highest BCUT2D eigenvalue weighted by atomic mass is 15.3. The van der Waals surface area contributed by atoms with Crippen molar-refractivity contribution in [1.82, 2.24) is 14.6 Å². The molecule has 2 heterocycles. The Labute approximate surface area is 89.1 Å². The Morgan fingerprint density at radius 1 is 1.20 bits per heavy atom. The molecule has 0 saturated heterocycles. The van der Waals surface area contributed by atoms with Crippen LogP contribution in [0.25, 0.3) is 5.65 Å². The molecule has 0 atom stereocenters. The van der Waals surface area contributed by atoms with Crippen LogP contribution in [0, 0.1) is 6.92 Å². The maximum Gasteiger partial charge on any atom is 0.226 e. The lowest BCUT2D eigenvalue weighted by Crippen LogP contribution is -2.14. The van der Waals surface area contributed by atoms with E-state index in [1.165, 1.54) is 0 Å². The maximum atomic E-state index is 5.78. The minimum absolute atomic E-state index is 0.0500. The molecule has 0 unspecified atom stereocenters. The Balaban J connectivity index is 2.85. The predicted octanol–water partition coefficient (Wildman–Crippen LogP) is 1.92. The van der Waals surface area contributed by atoms with E-state index in [1.54, 1.807) is 0 Å². The molecule has 0 spiro atoms. The Hall–Kier alpha value is -1.58. The summed E-state index contributed by atoms with van der Waals surface area (Å²) in [4.78, 5) is 0. The number of aryl methyl sites for hydroxylation is 1. The van der Waals surface area contributed by atoms with Crippen molar-refractivity contribution in [1.29, 1.82) is 0 Å². The maximum absolute atomic E-state index is 5.78. The van der Waals surface area contributed by atoms with Gasteiger partial charge in [-0.3, -0.25) is 4.40 Å². The standard InChI is InChI=1S/C11H16N4/c1-7-5-6-8(11(2,3)4)9-13-14-10(12)15(7)9/h5-6H,1-4H3,(H2,12,14). The predicted molar refractivity (Wildman–Crippen MR) is 60.8 cm³/mol. The summed E-state index contributed by atoms with van der Waals surface area (Å²) in [6.07, 6.45) is 0. The summed E-state index contributed by atoms with van der Waals surface area (Å²) < 4.78 is 1.89. The molecule has 0 bridgehead atoms. The zero-order valence-electron chi connectivity index (χ0n) is 9.57. The first-order chi connectivity index (χ1) is 6.91. The molecule has 0 saturated carbocycles. The average molecular weight is 204 g/mol. The molecular formula is C11H16N4. The lowest BCUT2D eigenvalue weighted by atomic mass is 9.87. The van der Waals surface area contributed by atoms with Crippen LogP contribution in [0.1, 0.15) is 32.0 Å². The number of nitrogens with two attached hydrogens (primary N) is 1. The third kappa shape index (κ3) is 1.46. The van der Waals surface area contributed by atoms with Crippen LogP contribution in [0.5, 0.6) is 0 Å². The summed E-state index contributed by atoms with van der Waals surface area (Å²) in [6.45, 7) is 8.47. The number of anilines is 1. The van der Waals surface area contributed by atoms with Crippen molar-refractivity contribution in [2.24, 2.45) is 0 Å². The Morgan fingerprint density at radius 3 is 2.47 bits per heavy atom. The van der Waals surface area contributed by atoms with Gasteiger partial charge in [0.2, 0.25) is 5.95 Å². The topological polar surface area (TPSA) is 56.2 Å². The molecule has 0 aromatic carbocycles. The van der Waals surface area contributed by atoms with Gasteiger partial charge in [-0.1, -0.05) is 26.8 Å². The number of aromatic nitrogens is 3. The van der Waals surface area contributed by atoms with Crippen LogP contribution in [0.3, 0.4) is 0 Å². The second kappa shape index (κ2) is 2.95. The van der Waals surface area contributed by atoms with Crippen molar-refractivity contribution < 1.29 is 0 Å². The van der Waals surface area contributed by atoms with E-state index in [4.69, 9.17) is 5.73 Å². The van der Waals surface area contributed by atoms with Gasteiger partial charge >= 0.3 is 0 Å². The SMILES string of the molecule is Cc1ccc(C(C)(C)C)c2nnc(N)n12. The minimum Gasteiger partial charge on any atom is -0.368 e. The molecule has 0 aliphatic rings. The van der Waals surface area contributed by atoms with E-state index in [-0.39, 0.29) is 5.41 Å². The molecule has 15 heavy (non-hydrogen) atoms. The second-order valence-electron chi connectivity index (χ2n) is 4.86. The van der Waals surface area contributed by atoms with Crippen molar-refractivity contribution in [2.75, 3.05) is 5.73 Å². The van der Waals surface area contributed by atoms with E-state index in [9.17, 15) is 0 Å². The normalized spacial score (nSPS) is 12.3. The van der Waals surface area contributed by atoms with Gasteiger partial charge < -0.3 is 5.73 Å². The Bertz CT molecular complexity index is 505. The van der Waals surface area contributed by atoms with Crippen LogP contribution >= 0.6 is 0 Å². The zero-order chi connectivity index (χ0) is 11.2. The average Bonchev–Trinajstić information content (AvgIpc) is 2.47. The summed E-state index contributed by atoms with van der Waals surface area (Å²) in [5, 5.41) is 8.05.